The summed E-state index contributed by atoms with van der Waals surface area (Å²) in [5, 5.41) is 2.32. The molecule has 1 saturated heterocycles. The second-order valence-corrected chi connectivity index (χ2v) is 10.2. The maximum absolute atomic E-state index is 13.1. The van der Waals surface area contributed by atoms with E-state index in [-0.39, 0.29) is 0 Å². The van der Waals surface area contributed by atoms with Crippen molar-refractivity contribution in [3.8, 4) is 5.75 Å². The summed E-state index contributed by atoms with van der Waals surface area (Å²) in [5.74, 6) is 1.72. The predicted molar refractivity (Wildman–Crippen MR) is 115 cm³/mol. The average Bonchev–Trinajstić information content (AvgIpc) is 3.22. The molecule has 0 aromatic heterocycles. The van der Waals surface area contributed by atoms with Gasteiger partial charge in [-0.25, -0.2) is 8.42 Å². The molecule has 0 unspecified atom stereocenters. The normalized spacial score (nSPS) is 17.8. The second kappa shape index (κ2) is 8.15. The minimum atomic E-state index is -3.45. The van der Waals surface area contributed by atoms with Crippen molar-refractivity contribution in [3.63, 3.8) is 0 Å². The Hall–Kier alpha value is -2.02. The third kappa shape index (κ3) is 4.04. The Labute approximate surface area is 170 Å². The number of fused-ring (bicyclic) bond motifs is 1. The lowest BCUT2D eigenvalue weighted by Gasteiger charge is -2.17. The molecule has 1 aliphatic heterocycles. The summed E-state index contributed by atoms with van der Waals surface area (Å²) < 4.78 is 33.0. The minimum absolute atomic E-state index is 0.317. The van der Waals surface area contributed by atoms with Crippen LogP contribution in [0.2, 0.25) is 0 Å². The topological polar surface area (TPSA) is 46.6 Å². The zero-order valence-corrected chi connectivity index (χ0v) is 17.4. The van der Waals surface area contributed by atoms with E-state index >= 15 is 0 Å². The molecule has 0 bridgehead atoms. The molecule has 0 N–H and O–H groups in total. The summed E-state index contributed by atoms with van der Waals surface area (Å²) in [6.45, 7) is 1.14. The highest BCUT2D eigenvalue weighted by Gasteiger charge is 2.32. The van der Waals surface area contributed by atoms with Gasteiger partial charge in [0.05, 0.1) is 12.0 Å². The summed E-state index contributed by atoms with van der Waals surface area (Å²) in [4.78, 5) is 0.381. The van der Waals surface area contributed by atoms with Gasteiger partial charge in [-0.1, -0.05) is 42.5 Å². The lowest BCUT2D eigenvalue weighted by atomic mass is 10.1. The minimum Gasteiger partial charge on any atom is -0.497 e. The summed E-state index contributed by atoms with van der Waals surface area (Å²) >= 11 is 1.82. The largest absolute Gasteiger partial charge is 0.497 e. The number of methoxy groups -OCH3 is 1. The van der Waals surface area contributed by atoms with Gasteiger partial charge in [0.15, 0.2) is 0 Å². The summed E-state index contributed by atoms with van der Waals surface area (Å²) in [7, 11) is -1.79. The zero-order chi connectivity index (χ0) is 19.6. The van der Waals surface area contributed by atoms with Crippen molar-refractivity contribution in [3.05, 3.63) is 72.3 Å². The number of benzene rings is 3. The van der Waals surface area contributed by atoms with E-state index in [1.54, 1.807) is 23.5 Å². The molecule has 3 aromatic rings. The van der Waals surface area contributed by atoms with Crippen LogP contribution in [-0.4, -0.2) is 38.2 Å². The van der Waals surface area contributed by atoms with Crippen molar-refractivity contribution in [2.45, 2.75) is 22.3 Å². The number of rotatable bonds is 6. The van der Waals surface area contributed by atoms with E-state index in [1.165, 1.54) is 5.56 Å². The number of hydrogen-bond acceptors (Lipinski definition) is 4. The Balaban J connectivity index is 1.41. The molecule has 1 aliphatic rings. The molecule has 1 heterocycles. The van der Waals surface area contributed by atoms with Crippen molar-refractivity contribution < 1.29 is 13.2 Å². The zero-order valence-electron chi connectivity index (χ0n) is 15.7. The number of hydrogen-bond donors (Lipinski definition) is 0. The van der Waals surface area contributed by atoms with Gasteiger partial charge >= 0.3 is 0 Å². The monoisotopic (exact) mass is 413 g/mol. The maximum Gasteiger partial charge on any atom is 0.243 e. The molecule has 4 nitrogen and oxygen atoms in total. The van der Waals surface area contributed by atoms with Gasteiger partial charge < -0.3 is 4.74 Å². The first-order valence-corrected chi connectivity index (χ1v) is 11.8. The van der Waals surface area contributed by atoms with E-state index in [9.17, 15) is 8.42 Å². The Kier molecular flexibility index (Phi) is 5.62. The van der Waals surface area contributed by atoms with Crippen LogP contribution in [0, 0.1) is 0 Å². The molecule has 1 fully saturated rings. The molecule has 146 valence electrons. The maximum atomic E-state index is 13.1. The Morgan fingerprint density at radius 1 is 1.04 bits per heavy atom. The first kappa shape index (κ1) is 19.3. The van der Waals surface area contributed by atoms with E-state index in [2.05, 4.69) is 12.1 Å². The first-order chi connectivity index (χ1) is 13.6. The van der Waals surface area contributed by atoms with Gasteiger partial charge in [-0.3, -0.25) is 0 Å². The van der Waals surface area contributed by atoms with E-state index < -0.39 is 10.0 Å². The van der Waals surface area contributed by atoms with E-state index in [1.807, 2.05) is 54.2 Å². The third-order valence-corrected chi connectivity index (χ3v) is 8.33. The SMILES string of the molecule is COc1ccc(CS[C@@H]2CCN(S(=O)(=O)c3ccc4ccccc4c3)C2)cc1. The Morgan fingerprint density at radius 3 is 2.54 bits per heavy atom. The molecule has 0 aliphatic carbocycles. The van der Waals surface area contributed by atoms with Crippen molar-refractivity contribution in [2.24, 2.45) is 0 Å². The number of thioether (sulfide) groups is 1. The van der Waals surface area contributed by atoms with Crippen molar-refractivity contribution in [1.82, 2.24) is 4.31 Å². The molecule has 6 heteroatoms. The summed E-state index contributed by atoms with van der Waals surface area (Å²) in [5.41, 5.74) is 1.22. The molecule has 0 radical (unpaired) electrons. The highest BCUT2D eigenvalue weighted by molar-refractivity contribution is 7.99. The van der Waals surface area contributed by atoms with Crippen LogP contribution in [0.5, 0.6) is 5.75 Å². The molecule has 1 atom stereocenters. The van der Waals surface area contributed by atoms with Crippen molar-refractivity contribution >= 4 is 32.6 Å². The molecule has 28 heavy (non-hydrogen) atoms. The molecule has 4 rings (SSSR count). The van der Waals surface area contributed by atoms with E-state index in [0.717, 1.165) is 28.7 Å². The predicted octanol–water partition coefficient (Wildman–Crippen LogP) is 4.54. The second-order valence-electron chi connectivity index (χ2n) is 6.94. The smallest absolute Gasteiger partial charge is 0.243 e. The van der Waals surface area contributed by atoms with Crippen LogP contribution >= 0.6 is 11.8 Å². The van der Waals surface area contributed by atoms with Crippen molar-refractivity contribution in [2.75, 3.05) is 20.2 Å². The van der Waals surface area contributed by atoms with Crippen LogP contribution in [0.4, 0.5) is 0 Å². The van der Waals surface area contributed by atoms with Crippen LogP contribution in [0.1, 0.15) is 12.0 Å². The van der Waals surface area contributed by atoms with Crippen LogP contribution in [-0.2, 0) is 15.8 Å². The van der Waals surface area contributed by atoms with Crippen LogP contribution < -0.4 is 4.74 Å². The lowest BCUT2D eigenvalue weighted by Crippen LogP contribution is -2.29. The van der Waals surface area contributed by atoms with Crippen LogP contribution in [0.3, 0.4) is 0 Å². The molecule has 0 amide bonds. The molecular formula is C22H23NO3S2. The van der Waals surface area contributed by atoms with Crippen LogP contribution in [0.25, 0.3) is 10.8 Å². The number of ether oxygens (including phenoxy) is 1. The summed E-state index contributed by atoms with van der Waals surface area (Å²) in [6.07, 6.45) is 0.883. The molecule has 3 aromatic carbocycles. The van der Waals surface area contributed by atoms with E-state index in [0.29, 0.717) is 23.2 Å². The van der Waals surface area contributed by atoms with Gasteiger partial charge in [-0.05, 0) is 47.0 Å². The lowest BCUT2D eigenvalue weighted by molar-refractivity contribution is 0.414. The quantitative estimate of drug-likeness (QED) is 0.595. The molecule has 0 spiro atoms. The average molecular weight is 414 g/mol. The first-order valence-electron chi connectivity index (χ1n) is 9.30. The molecule has 0 saturated carbocycles. The highest BCUT2D eigenvalue weighted by Crippen LogP contribution is 2.31. The third-order valence-electron chi connectivity index (χ3n) is 5.11. The number of sulfonamides is 1. The van der Waals surface area contributed by atoms with Crippen molar-refractivity contribution in [1.29, 1.82) is 0 Å². The standard InChI is InChI=1S/C22H23NO3S2/c1-26-20-9-6-17(7-10-20)16-27-21-12-13-23(15-21)28(24,25)22-11-8-18-4-2-3-5-19(18)14-22/h2-11,14,21H,12-13,15-16H2,1H3/t21-/m1/s1. The fraction of sp³-hybridized carbons (Fsp3) is 0.273. The van der Waals surface area contributed by atoms with Gasteiger partial charge in [-0.2, -0.15) is 16.1 Å². The Bertz CT molecular complexity index is 1060. The molecular weight excluding hydrogens is 390 g/mol. The van der Waals surface area contributed by atoms with Gasteiger partial charge in [0.1, 0.15) is 5.75 Å². The summed E-state index contributed by atoms with van der Waals surface area (Å²) in [6, 6.07) is 21.3. The van der Waals surface area contributed by atoms with Gasteiger partial charge in [0.2, 0.25) is 10.0 Å². The van der Waals surface area contributed by atoms with Gasteiger partial charge in [0.25, 0.3) is 0 Å². The Morgan fingerprint density at radius 2 is 1.79 bits per heavy atom. The number of nitrogens with zero attached hydrogens (tertiary/aromatic N) is 1. The fourth-order valence-corrected chi connectivity index (χ4v) is 6.27. The van der Waals surface area contributed by atoms with E-state index in [4.69, 9.17) is 4.74 Å². The van der Waals surface area contributed by atoms with Crippen LogP contribution in [0.15, 0.2) is 71.6 Å². The highest BCUT2D eigenvalue weighted by atomic mass is 32.2. The van der Waals surface area contributed by atoms with Gasteiger partial charge in [0, 0.05) is 24.1 Å². The fourth-order valence-electron chi connectivity index (χ4n) is 3.46. The van der Waals surface area contributed by atoms with Gasteiger partial charge in [-0.15, -0.1) is 0 Å².